The smallest absolute Gasteiger partial charge is 0.331 e. The van der Waals surface area contributed by atoms with Crippen LogP contribution in [0.3, 0.4) is 0 Å². The minimum atomic E-state index is -0.770. The van der Waals surface area contributed by atoms with Gasteiger partial charge in [-0.05, 0) is 48.5 Å². The first-order chi connectivity index (χ1) is 8.54. The van der Waals surface area contributed by atoms with Gasteiger partial charge >= 0.3 is 5.97 Å². The van der Waals surface area contributed by atoms with Gasteiger partial charge < -0.3 is 10.2 Å². The molecule has 18 heavy (non-hydrogen) atoms. The molecule has 0 aliphatic heterocycles. The molecular formula is C15H22O3. The molecular weight excluding hydrogens is 228 g/mol. The lowest BCUT2D eigenvalue weighted by molar-refractivity contribution is -0.133. The molecule has 0 spiro atoms. The molecule has 0 amide bonds. The second kappa shape index (κ2) is 5.27. The van der Waals surface area contributed by atoms with E-state index >= 15 is 0 Å². The monoisotopic (exact) mass is 250 g/mol. The summed E-state index contributed by atoms with van der Waals surface area (Å²) in [7, 11) is 0. The predicted molar refractivity (Wildman–Crippen MR) is 70.0 cm³/mol. The topological polar surface area (TPSA) is 57.5 Å². The largest absolute Gasteiger partial charge is 0.478 e. The average molecular weight is 250 g/mol. The number of rotatable bonds is 3. The van der Waals surface area contributed by atoms with Crippen LogP contribution in [-0.4, -0.2) is 22.8 Å². The van der Waals surface area contributed by atoms with E-state index in [0.717, 1.165) is 24.8 Å². The van der Waals surface area contributed by atoms with Crippen LogP contribution >= 0.6 is 0 Å². The second-order valence-electron chi connectivity index (χ2n) is 5.81. The second-order valence-corrected chi connectivity index (χ2v) is 5.81. The fraction of sp³-hybridized carbons (Fsp3) is 0.667. The summed E-state index contributed by atoms with van der Waals surface area (Å²) in [5.74, 6) is 0.697. The van der Waals surface area contributed by atoms with Crippen LogP contribution in [0.25, 0.3) is 0 Å². The fourth-order valence-electron chi connectivity index (χ4n) is 3.46. The highest BCUT2D eigenvalue weighted by molar-refractivity contribution is 5.87. The van der Waals surface area contributed by atoms with Crippen molar-refractivity contribution < 1.29 is 15.0 Å². The third-order valence-corrected chi connectivity index (χ3v) is 4.48. The van der Waals surface area contributed by atoms with Crippen LogP contribution in [0.5, 0.6) is 0 Å². The summed E-state index contributed by atoms with van der Waals surface area (Å²) in [4.78, 5) is 11.3. The van der Waals surface area contributed by atoms with Gasteiger partial charge in [-0.1, -0.05) is 26.0 Å². The van der Waals surface area contributed by atoms with E-state index in [0.29, 0.717) is 17.4 Å². The number of carbonyl (C=O) groups is 1. The normalized spacial score (nSPS) is 31.7. The fourth-order valence-corrected chi connectivity index (χ4v) is 3.46. The van der Waals surface area contributed by atoms with Gasteiger partial charge in [0.1, 0.15) is 0 Å². The number of carboxylic acid groups (broad SMARTS) is 1. The molecule has 0 heterocycles. The Morgan fingerprint density at radius 2 is 2.22 bits per heavy atom. The molecule has 3 heteroatoms. The molecule has 0 bridgehead atoms. The molecule has 0 radical (unpaired) electrons. The zero-order valence-electron chi connectivity index (χ0n) is 11.1. The third-order valence-electron chi connectivity index (χ3n) is 4.48. The maximum absolute atomic E-state index is 11.3. The number of hydrogen-bond acceptors (Lipinski definition) is 2. The van der Waals surface area contributed by atoms with Crippen LogP contribution in [0.2, 0.25) is 0 Å². The van der Waals surface area contributed by atoms with Crippen molar-refractivity contribution in [1.82, 2.24) is 0 Å². The van der Waals surface area contributed by atoms with E-state index in [1.807, 2.05) is 6.08 Å². The Labute approximate surface area is 108 Å². The highest BCUT2D eigenvalue weighted by Crippen LogP contribution is 2.45. The third kappa shape index (κ3) is 2.37. The van der Waals surface area contributed by atoms with Gasteiger partial charge in [-0.2, -0.15) is 0 Å². The highest BCUT2D eigenvalue weighted by Gasteiger charge is 2.39. The number of aliphatic hydroxyl groups is 1. The molecule has 0 aromatic rings. The minimum absolute atomic E-state index is 0.111. The van der Waals surface area contributed by atoms with Gasteiger partial charge in [0.2, 0.25) is 0 Å². The molecule has 0 aromatic carbocycles. The maximum atomic E-state index is 11.3. The lowest BCUT2D eigenvalue weighted by Crippen LogP contribution is -2.35. The summed E-state index contributed by atoms with van der Waals surface area (Å²) in [6, 6.07) is 0. The molecule has 100 valence electrons. The van der Waals surface area contributed by atoms with Crippen molar-refractivity contribution in [1.29, 1.82) is 0 Å². The van der Waals surface area contributed by atoms with E-state index in [-0.39, 0.29) is 18.4 Å². The van der Waals surface area contributed by atoms with Crippen molar-refractivity contribution in [3.8, 4) is 0 Å². The Hall–Kier alpha value is -1.09. The van der Waals surface area contributed by atoms with E-state index in [2.05, 4.69) is 19.9 Å². The molecule has 0 aromatic heterocycles. The van der Waals surface area contributed by atoms with E-state index in [1.165, 1.54) is 0 Å². The summed E-state index contributed by atoms with van der Waals surface area (Å²) >= 11 is 0. The van der Waals surface area contributed by atoms with E-state index in [1.54, 1.807) is 0 Å². The first kappa shape index (κ1) is 13.3. The van der Waals surface area contributed by atoms with Crippen LogP contribution in [0.1, 0.15) is 33.1 Å². The van der Waals surface area contributed by atoms with Crippen molar-refractivity contribution in [2.24, 2.45) is 23.7 Å². The molecule has 2 rings (SSSR count). The van der Waals surface area contributed by atoms with Crippen LogP contribution in [0, 0.1) is 23.7 Å². The van der Waals surface area contributed by atoms with Gasteiger partial charge in [-0.3, -0.25) is 0 Å². The Bertz CT molecular complexity index is 393. The van der Waals surface area contributed by atoms with Crippen LogP contribution in [-0.2, 0) is 4.79 Å². The van der Waals surface area contributed by atoms with E-state index in [4.69, 9.17) is 0 Å². The lowest BCUT2D eigenvalue weighted by Gasteiger charge is -2.40. The Morgan fingerprint density at radius 1 is 1.50 bits per heavy atom. The van der Waals surface area contributed by atoms with Gasteiger partial charge in [0.15, 0.2) is 0 Å². The van der Waals surface area contributed by atoms with Gasteiger partial charge in [0.05, 0.1) is 6.61 Å². The summed E-state index contributed by atoms with van der Waals surface area (Å²) in [5, 5.41) is 18.6. The first-order valence-corrected chi connectivity index (χ1v) is 6.78. The minimum Gasteiger partial charge on any atom is -0.478 e. The van der Waals surface area contributed by atoms with Crippen molar-refractivity contribution >= 4 is 5.97 Å². The summed E-state index contributed by atoms with van der Waals surface area (Å²) in [5.41, 5.74) is 1.67. The maximum Gasteiger partial charge on any atom is 0.331 e. The molecule has 3 atom stereocenters. The van der Waals surface area contributed by atoms with Crippen molar-refractivity contribution in [3.63, 3.8) is 0 Å². The van der Waals surface area contributed by atoms with Crippen LogP contribution in [0.15, 0.2) is 23.3 Å². The van der Waals surface area contributed by atoms with Gasteiger partial charge in [0.25, 0.3) is 0 Å². The van der Waals surface area contributed by atoms with Crippen molar-refractivity contribution in [3.05, 3.63) is 23.3 Å². The van der Waals surface area contributed by atoms with Gasteiger partial charge in [-0.25, -0.2) is 4.79 Å². The molecule has 3 nitrogen and oxygen atoms in total. The molecule has 0 saturated heterocycles. The number of allylic oxidation sites excluding steroid dienone is 2. The van der Waals surface area contributed by atoms with Crippen LogP contribution in [0.4, 0.5) is 0 Å². The quantitative estimate of drug-likeness (QED) is 0.757. The summed E-state index contributed by atoms with van der Waals surface area (Å²) in [6.07, 6.45) is 6.60. The SMILES string of the molecule is CC(C)[C@H]1CC=C(C(=O)O)[C@@H]2CCC(CO)=C[C@H]12. The standard InChI is InChI=1S/C15H22O3/c1-9(2)11-5-6-13(15(17)18)12-4-3-10(8-16)7-14(11)12/h6-7,9,11-12,14,16H,3-5,8H2,1-2H3,(H,17,18)/t11-,12+,14-/m1/s1. The zero-order valence-corrected chi connectivity index (χ0v) is 11.1. The van der Waals surface area contributed by atoms with Crippen molar-refractivity contribution in [2.75, 3.05) is 6.61 Å². The van der Waals surface area contributed by atoms with Crippen molar-refractivity contribution in [2.45, 2.75) is 33.1 Å². The molecule has 2 N–H and O–H groups in total. The van der Waals surface area contributed by atoms with Crippen LogP contribution < -0.4 is 0 Å². The Kier molecular flexibility index (Phi) is 3.91. The van der Waals surface area contributed by atoms with E-state index in [9.17, 15) is 15.0 Å². The summed E-state index contributed by atoms with van der Waals surface area (Å²) < 4.78 is 0. The molecule has 0 fully saturated rings. The number of fused-ring (bicyclic) bond motifs is 1. The number of aliphatic hydroxyl groups excluding tert-OH is 1. The first-order valence-electron chi connectivity index (χ1n) is 6.78. The predicted octanol–water partition coefficient (Wildman–Crippen LogP) is 2.62. The molecule has 0 saturated carbocycles. The molecule has 0 unspecified atom stereocenters. The average Bonchev–Trinajstić information content (AvgIpc) is 2.36. The van der Waals surface area contributed by atoms with Gasteiger partial charge in [-0.15, -0.1) is 0 Å². The lowest BCUT2D eigenvalue weighted by atomic mass is 9.64. The number of carboxylic acids is 1. The van der Waals surface area contributed by atoms with E-state index < -0.39 is 5.97 Å². The zero-order chi connectivity index (χ0) is 13.3. The Balaban J connectivity index is 2.33. The molecule has 2 aliphatic rings. The number of aliphatic carboxylic acids is 1. The van der Waals surface area contributed by atoms with Gasteiger partial charge in [0, 0.05) is 5.57 Å². The molecule has 2 aliphatic carbocycles. The number of hydrogen-bond donors (Lipinski definition) is 2. The summed E-state index contributed by atoms with van der Waals surface area (Å²) in [6.45, 7) is 4.50. The highest BCUT2D eigenvalue weighted by atomic mass is 16.4. The Morgan fingerprint density at radius 3 is 2.78 bits per heavy atom.